The summed E-state index contributed by atoms with van der Waals surface area (Å²) in [6.45, 7) is 0. The molecule has 2 aliphatic carbocycles. The summed E-state index contributed by atoms with van der Waals surface area (Å²) in [7, 11) is 0. The molecule has 0 aliphatic heterocycles. The lowest BCUT2D eigenvalue weighted by atomic mass is 9.64. The second kappa shape index (κ2) is 3.92. The maximum atomic E-state index is 11.5. The molecule has 1 N–H and O–H groups in total. The number of carboxylic acid groups (broad SMARTS) is 1. The van der Waals surface area contributed by atoms with Crippen LogP contribution >= 0.6 is 0 Å². The van der Waals surface area contributed by atoms with Crippen molar-refractivity contribution >= 4 is 5.97 Å². The molecular weight excluding hydrogens is 176 g/mol. The Morgan fingerprint density at radius 3 is 2.21 bits per heavy atom. The first-order valence-electron chi connectivity index (χ1n) is 5.99. The van der Waals surface area contributed by atoms with Gasteiger partial charge in [0.15, 0.2) is 0 Å². The van der Waals surface area contributed by atoms with Crippen LogP contribution in [0, 0.1) is 11.3 Å². The maximum absolute atomic E-state index is 11.5. The Balaban J connectivity index is 2.22. The fraction of sp³-hybridized carbons (Fsp3) is 0.917. The van der Waals surface area contributed by atoms with Crippen LogP contribution < -0.4 is 0 Å². The second-order valence-electron chi connectivity index (χ2n) is 5.00. The minimum absolute atomic E-state index is 0.325. The van der Waals surface area contributed by atoms with Crippen LogP contribution in [0.15, 0.2) is 0 Å². The highest BCUT2D eigenvalue weighted by Crippen LogP contribution is 2.49. The fourth-order valence-electron chi connectivity index (χ4n) is 3.46. The van der Waals surface area contributed by atoms with Crippen molar-refractivity contribution in [2.45, 2.75) is 57.8 Å². The van der Waals surface area contributed by atoms with Crippen LogP contribution in [-0.4, -0.2) is 11.1 Å². The van der Waals surface area contributed by atoms with E-state index in [0.29, 0.717) is 5.92 Å². The Labute approximate surface area is 85.7 Å². The molecule has 0 saturated heterocycles. The summed E-state index contributed by atoms with van der Waals surface area (Å²) in [5.41, 5.74) is -0.325. The third-order valence-corrected chi connectivity index (χ3v) is 4.31. The number of hydrogen-bond acceptors (Lipinski definition) is 1. The molecule has 0 aromatic heterocycles. The van der Waals surface area contributed by atoms with Gasteiger partial charge in [0.2, 0.25) is 0 Å². The number of carbonyl (C=O) groups is 1. The van der Waals surface area contributed by atoms with E-state index in [1.807, 2.05) is 0 Å². The zero-order valence-electron chi connectivity index (χ0n) is 8.80. The van der Waals surface area contributed by atoms with Gasteiger partial charge < -0.3 is 5.11 Å². The lowest BCUT2D eigenvalue weighted by Crippen LogP contribution is -2.40. The van der Waals surface area contributed by atoms with E-state index < -0.39 is 5.97 Å². The average molecular weight is 196 g/mol. The van der Waals surface area contributed by atoms with E-state index in [-0.39, 0.29) is 5.41 Å². The number of carboxylic acids is 1. The van der Waals surface area contributed by atoms with E-state index in [1.54, 1.807) is 0 Å². The van der Waals surface area contributed by atoms with Gasteiger partial charge in [-0.3, -0.25) is 4.79 Å². The highest BCUT2D eigenvalue weighted by molar-refractivity contribution is 5.75. The lowest BCUT2D eigenvalue weighted by Gasteiger charge is -2.39. The van der Waals surface area contributed by atoms with Crippen molar-refractivity contribution in [3.63, 3.8) is 0 Å². The summed E-state index contributed by atoms with van der Waals surface area (Å²) in [5, 5.41) is 9.45. The van der Waals surface area contributed by atoms with Gasteiger partial charge in [0.05, 0.1) is 5.41 Å². The first-order valence-corrected chi connectivity index (χ1v) is 5.99. The standard InChI is InChI=1S/C12H20O2/c13-11(14)12-8-4-1-2-6-10(12)7-3-5-9-12/h10H,1-9H2,(H,13,14). The van der Waals surface area contributed by atoms with E-state index in [2.05, 4.69) is 0 Å². The highest BCUT2D eigenvalue weighted by atomic mass is 16.4. The zero-order valence-corrected chi connectivity index (χ0v) is 8.80. The topological polar surface area (TPSA) is 37.3 Å². The van der Waals surface area contributed by atoms with E-state index in [9.17, 15) is 9.90 Å². The van der Waals surface area contributed by atoms with Crippen molar-refractivity contribution in [1.29, 1.82) is 0 Å². The third kappa shape index (κ3) is 1.55. The number of rotatable bonds is 1. The summed E-state index contributed by atoms with van der Waals surface area (Å²) >= 11 is 0. The molecule has 0 heterocycles. The van der Waals surface area contributed by atoms with Gasteiger partial charge in [-0.15, -0.1) is 0 Å². The fourth-order valence-corrected chi connectivity index (χ4v) is 3.46. The Morgan fingerprint density at radius 1 is 1.00 bits per heavy atom. The second-order valence-corrected chi connectivity index (χ2v) is 5.00. The zero-order chi connectivity index (χ0) is 10.0. The molecule has 2 saturated carbocycles. The van der Waals surface area contributed by atoms with Gasteiger partial charge in [0, 0.05) is 0 Å². The Bertz CT molecular complexity index is 224. The van der Waals surface area contributed by atoms with Crippen LogP contribution in [-0.2, 0) is 4.79 Å². The van der Waals surface area contributed by atoms with E-state index in [4.69, 9.17) is 0 Å². The molecule has 2 fully saturated rings. The molecule has 0 aromatic carbocycles. The monoisotopic (exact) mass is 196 g/mol. The van der Waals surface area contributed by atoms with Crippen LogP contribution in [0.25, 0.3) is 0 Å². The van der Waals surface area contributed by atoms with Crippen LogP contribution in [0.1, 0.15) is 57.8 Å². The van der Waals surface area contributed by atoms with Gasteiger partial charge in [-0.05, 0) is 31.6 Å². The molecule has 0 spiro atoms. The van der Waals surface area contributed by atoms with Gasteiger partial charge in [-0.1, -0.05) is 32.1 Å². The predicted molar refractivity (Wildman–Crippen MR) is 55.1 cm³/mol. The predicted octanol–water partition coefficient (Wildman–Crippen LogP) is 3.21. The molecule has 2 heteroatoms. The number of hydrogen-bond donors (Lipinski definition) is 1. The van der Waals surface area contributed by atoms with Gasteiger partial charge >= 0.3 is 5.97 Å². The highest BCUT2D eigenvalue weighted by Gasteiger charge is 2.46. The largest absolute Gasteiger partial charge is 0.481 e. The quantitative estimate of drug-likeness (QED) is 0.699. The summed E-state index contributed by atoms with van der Waals surface area (Å²) in [6.07, 6.45) is 10.2. The Kier molecular flexibility index (Phi) is 2.80. The van der Waals surface area contributed by atoms with E-state index >= 15 is 0 Å². The van der Waals surface area contributed by atoms with Crippen LogP contribution in [0.2, 0.25) is 0 Å². The van der Waals surface area contributed by atoms with Crippen LogP contribution in [0.5, 0.6) is 0 Å². The summed E-state index contributed by atoms with van der Waals surface area (Å²) in [4.78, 5) is 11.5. The molecule has 14 heavy (non-hydrogen) atoms. The molecule has 80 valence electrons. The first-order chi connectivity index (χ1) is 6.76. The van der Waals surface area contributed by atoms with Crippen LogP contribution in [0.3, 0.4) is 0 Å². The van der Waals surface area contributed by atoms with E-state index in [1.165, 1.54) is 19.3 Å². The molecule has 2 rings (SSSR count). The third-order valence-electron chi connectivity index (χ3n) is 4.31. The van der Waals surface area contributed by atoms with Gasteiger partial charge in [-0.25, -0.2) is 0 Å². The summed E-state index contributed by atoms with van der Waals surface area (Å²) in [6, 6.07) is 0. The Hall–Kier alpha value is -0.530. The lowest BCUT2D eigenvalue weighted by molar-refractivity contribution is -0.155. The SMILES string of the molecule is O=C(O)C12CCCCCC1CCCC2. The summed E-state index contributed by atoms with van der Waals surface area (Å²) < 4.78 is 0. The van der Waals surface area contributed by atoms with Crippen LogP contribution in [0.4, 0.5) is 0 Å². The summed E-state index contributed by atoms with van der Waals surface area (Å²) in [5.74, 6) is -0.0275. The molecule has 0 aromatic rings. The Morgan fingerprint density at radius 2 is 1.57 bits per heavy atom. The first kappa shape index (κ1) is 10.0. The molecule has 2 atom stereocenters. The average Bonchev–Trinajstić information content (AvgIpc) is 2.40. The molecule has 0 radical (unpaired) electrons. The normalized spacial score (nSPS) is 38.4. The smallest absolute Gasteiger partial charge is 0.309 e. The molecule has 2 aliphatic rings. The van der Waals surface area contributed by atoms with E-state index in [0.717, 1.165) is 38.5 Å². The minimum Gasteiger partial charge on any atom is -0.481 e. The molecule has 2 unspecified atom stereocenters. The van der Waals surface area contributed by atoms with Crippen molar-refractivity contribution in [2.75, 3.05) is 0 Å². The maximum Gasteiger partial charge on any atom is 0.309 e. The van der Waals surface area contributed by atoms with Crippen molar-refractivity contribution in [1.82, 2.24) is 0 Å². The molecule has 0 amide bonds. The van der Waals surface area contributed by atoms with Crippen molar-refractivity contribution in [3.8, 4) is 0 Å². The van der Waals surface area contributed by atoms with Crippen molar-refractivity contribution in [2.24, 2.45) is 11.3 Å². The van der Waals surface area contributed by atoms with Gasteiger partial charge in [-0.2, -0.15) is 0 Å². The molecule has 2 nitrogen and oxygen atoms in total. The molecule has 0 bridgehead atoms. The van der Waals surface area contributed by atoms with Crippen molar-refractivity contribution < 1.29 is 9.90 Å². The number of aliphatic carboxylic acids is 1. The van der Waals surface area contributed by atoms with Gasteiger partial charge in [0.1, 0.15) is 0 Å². The minimum atomic E-state index is -0.510. The number of fused-ring (bicyclic) bond motifs is 1. The van der Waals surface area contributed by atoms with Gasteiger partial charge in [0.25, 0.3) is 0 Å². The molecular formula is C12H20O2. The van der Waals surface area contributed by atoms with Crippen molar-refractivity contribution in [3.05, 3.63) is 0 Å².